The van der Waals surface area contributed by atoms with Crippen LogP contribution in [0.15, 0.2) is 48.5 Å². The maximum atomic E-state index is 13.3. The van der Waals surface area contributed by atoms with E-state index in [2.05, 4.69) is 27.7 Å². The number of carbonyl (C=O) groups is 2. The lowest BCUT2D eigenvalue weighted by Crippen LogP contribution is -2.27. The van der Waals surface area contributed by atoms with Gasteiger partial charge in [0.15, 0.2) is 5.78 Å². The fourth-order valence-corrected chi connectivity index (χ4v) is 3.86. The van der Waals surface area contributed by atoms with Gasteiger partial charge in [-0.15, -0.1) is 0 Å². The van der Waals surface area contributed by atoms with Crippen LogP contribution < -0.4 is 0 Å². The third-order valence-corrected chi connectivity index (χ3v) is 4.89. The summed E-state index contributed by atoms with van der Waals surface area (Å²) in [5.41, 5.74) is 1.88. The van der Waals surface area contributed by atoms with Crippen LogP contribution in [0.2, 0.25) is 5.02 Å². The number of halogens is 1. The number of hydrogen-bond donors (Lipinski definition) is 0. The van der Waals surface area contributed by atoms with Gasteiger partial charge in [-0.05, 0) is 41.9 Å². The highest BCUT2D eigenvalue weighted by atomic mass is 35.5. The Morgan fingerprint density at radius 2 is 1.63 bits per heavy atom. The summed E-state index contributed by atoms with van der Waals surface area (Å²) < 4.78 is 13.8. The minimum Gasteiger partial charge on any atom is -0.465 e. The molecule has 3 unspecified atom stereocenters. The maximum absolute atomic E-state index is 13.3. The van der Waals surface area contributed by atoms with E-state index in [1.165, 1.54) is 9.12 Å². The number of carbonyl (C=O) groups excluding carboxylic acids is 2. The van der Waals surface area contributed by atoms with E-state index in [-0.39, 0.29) is 23.7 Å². The third kappa shape index (κ3) is 7.66. The second kappa shape index (κ2) is 12.0. The molecular weight excluding hydrogens is 419 g/mol. The van der Waals surface area contributed by atoms with Gasteiger partial charge in [-0.1, -0.05) is 86.3 Å². The summed E-state index contributed by atoms with van der Waals surface area (Å²) in [5, 5.41) is 0.347. The Morgan fingerprint density at radius 3 is 2.17 bits per heavy atom. The molecule has 0 aromatic heterocycles. The molecule has 2 aromatic rings. The fourth-order valence-electron chi connectivity index (χ4n) is 3.54. The number of ketones is 1. The zero-order valence-electron chi connectivity index (χ0n) is 18.3. The maximum Gasteiger partial charge on any atom is 0.321 e. The molecule has 4 nitrogen and oxygen atoms in total. The second-order valence-corrected chi connectivity index (χ2v) is 9.05. The van der Waals surface area contributed by atoms with Gasteiger partial charge in [0.1, 0.15) is 5.92 Å². The largest absolute Gasteiger partial charge is 0.465 e. The summed E-state index contributed by atoms with van der Waals surface area (Å²) in [5.74, 6) is -1.68. The third-order valence-electron chi connectivity index (χ3n) is 4.57. The van der Waals surface area contributed by atoms with Crippen molar-refractivity contribution >= 4 is 32.5 Å². The summed E-state index contributed by atoms with van der Waals surface area (Å²) in [4.78, 5) is 26.3. The molecule has 0 saturated carbocycles. The van der Waals surface area contributed by atoms with E-state index in [9.17, 15) is 9.59 Å². The Kier molecular flexibility index (Phi) is 10.4. The first-order valence-corrected chi connectivity index (χ1v) is 10.7. The highest BCUT2D eigenvalue weighted by Gasteiger charge is 2.33. The molecule has 3 atom stereocenters. The van der Waals surface area contributed by atoms with Crippen LogP contribution in [0.25, 0.3) is 0 Å². The summed E-state index contributed by atoms with van der Waals surface area (Å²) in [6, 6.07) is 14.3. The molecule has 0 aliphatic carbocycles. The molecule has 6 heteroatoms. The van der Waals surface area contributed by atoms with Crippen LogP contribution >= 0.6 is 20.7 Å². The monoisotopic (exact) mass is 449 g/mol. The highest BCUT2D eigenvalue weighted by Crippen LogP contribution is 2.30. The van der Waals surface area contributed by atoms with Crippen molar-refractivity contribution in [1.29, 1.82) is 0 Å². The summed E-state index contributed by atoms with van der Waals surface area (Å²) in [6.07, 6.45) is 0.924. The van der Waals surface area contributed by atoms with Crippen molar-refractivity contribution < 1.29 is 18.9 Å². The molecule has 30 heavy (non-hydrogen) atoms. The highest BCUT2D eigenvalue weighted by molar-refractivity contribution is 7.00. The van der Waals surface area contributed by atoms with Gasteiger partial charge >= 0.3 is 15.1 Å². The SMILES string of the molecule is Cc1cccc(Cl)c1C(=O)C(C(=O)OCC(C)CC(C)(C)C)c1ccccc1.O=[PH2+]. The van der Waals surface area contributed by atoms with E-state index >= 15 is 0 Å². The molecular formula is C24H31ClO4P+. The van der Waals surface area contributed by atoms with Gasteiger partial charge in [-0.2, -0.15) is 0 Å². The van der Waals surface area contributed by atoms with Crippen LogP contribution in [-0.2, 0) is 14.1 Å². The number of aryl methyl sites for hydroxylation is 1. The van der Waals surface area contributed by atoms with Crippen LogP contribution in [-0.4, -0.2) is 18.4 Å². The van der Waals surface area contributed by atoms with Crippen molar-refractivity contribution in [2.45, 2.75) is 47.0 Å². The molecule has 0 radical (unpaired) electrons. The predicted molar refractivity (Wildman–Crippen MR) is 124 cm³/mol. The normalized spacial score (nSPS) is 12.9. The molecule has 2 rings (SSSR count). The molecule has 0 fully saturated rings. The van der Waals surface area contributed by atoms with Gasteiger partial charge in [-0.25, -0.2) is 0 Å². The molecule has 0 N–H and O–H groups in total. The average molecular weight is 450 g/mol. The van der Waals surface area contributed by atoms with Crippen molar-refractivity contribution in [2.75, 3.05) is 6.61 Å². The van der Waals surface area contributed by atoms with Crippen LogP contribution in [0.5, 0.6) is 0 Å². The zero-order chi connectivity index (χ0) is 22.9. The number of benzene rings is 2. The second-order valence-electron chi connectivity index (χ2n) is 8.64. The predicted octanol–water partition coefficient (Wildman–Crippen LogP) is 6.44. The number of rotatable bonds is 7. The van der Waals surface area contributed by atoms with Crippen LogP contribution in [0, 0.1) is 18.3 Å². The van der Waals surface area contributed by atoms with Gasteiger partial charge in [0, 0.05) is 5.56 Å². The summed E-state index contributed by atoms with van der Waals surface area (Å²) in [6.45, 7) is 10.6. The van der Waals surface area contributed by atoms with Crippen LogP contribution in [0.3, 0.4) is 0 Å². The molecule has 0 aliphatic rings. The van der Waals surface area contributed by atoms with Gasteiger partial charge < -0.3 is 4.74 Å². The molecule has 0 bridgehead atoms. The smallest absolute Gasteiger partial charge is 0.321 e. The van der Waals surface area contributed by atoms with Crippen molar-refractivity contribution in [1.82, 2.24) is 0 Å². The number of hydrogen-bond acceptors (Lipinski definition) is 4. The van der Waals surface area contributed by atoms with Crippen molar-refractivity contribution in [3.63, 3.8) is 0 Å². The van der Waals surface area contributed by atoms with E-state index in [0.717, 1.165) is 12.0 Å². The molecule has 0 amide bonds. The van der Waals surface area contributed by atoms with Crippen molar-refractivity contribution in [3.05, 3.63) is 70.2 Å². The number of Topliss-reactive ketones (excluding diaryl/α,β-unsaturated/α-hetero) is 1. The first-order valence-electron chi connectivity index (χ1n) is 9.84. The van der Waals surface area contributed by atoms with Crippen molar-refractivity contribution in [2.24, 2.45) is 11.3 Å². The summed E-state index contributed by atoms with van der Waals surface area (Å²) in [7, 11) is 1.17. The molecule has 0 spiro atoms. The average Bonchev–Trinajstić information content (AvgIpc) is 2.67. The van der Waals surface area contributed by atoms with Gasteiger partial charge in [0.2, 0.25) is 0 Å². The fraction of sp³-hybridized carbons (Fsp3) is 0.417. The van der Waals surface area contributed by atoms with E-state index in [0.29, 0.717) is 16.1 Å². The Labute approximate surface area is 186 Å². The Morgan fingerprint density at radius 1 is 1.03 bits per heavy atom. The number of ether oxygens (including phenoxy) is 1. The first-order chi connectivity index (χ1) is 14.1. The van der Waals surface area contributed by atoms with Gasteiger partial charge in [0.25, 0.3) is 0 Å². The zero-order valence-corrected chi connectivity index (χ0v) is 20.2. The summed E-state index contributed by atoms with van der Waals surface area (Å²) >= 11 is 6.29. The first kappa shape index (κ1) is 26.0. The van der Waals surface area contributed by atoms with E-state index in [4.69, 9.17) is 20.9 Å². The van der Waals surface area contributed by atoms with E-state index in [1.807, 2.05) is 31.2 Å². The molecule has 162 valence electrons. The van der Waals surface area contributed by atoms with Crippen LogP contribution in [0.1, 0.15) is 61.5 Å². The van der Waals surface area contributed by atoms with Crippen molar-refractivity contribution in [3.8, 4) is 0 Å². The lowest BCUT2D eigenvalue weighted by atomic mass is 9.86. The number of esters is 1. The van der Waals surface area contributed by atoms with Gasteiger partial charge in [0.05, 0.1) is 11.6 Å². The minimum atomic E-state index is -1.03. The Bertz CT molecular complexity index is 826. The molecule has 0 saturated heterocycles. The molecule has 0 aliphatic heterocycles. The quantitative estimate of drug-likeness (QED) is 0.211. The lowest BCUT2D eigenvalue weighted by molar-refractivity contribution is -0.145. The lowest BCUT2D eigenvalue weighted by Gasteiger charge is -2.24. The Hall–Kier alpha value is -2.03. The molecule has 2 aromatic carbocycles. The Balaban J connectivity index is 0.00000218. The standard InChI is InChI=1S/C24H29ClO3.H2OP/c1-16(14-24(3,4)5)15-28-23(27)21(18-11-7-6-8-12-18)22(26)20-17(2)10-9-13-19(20)25;1-2/h6-13,16,21H,14-15H2,1-5H3;2H2/q;+1. The molecule has 0 heterocycles. The van der Waals surface area contributed by atoms with Gasteiger partial charge in [-0.3, -0.25) is 9.59 Å². The van der Waals surface area contributed by atoms with E-state index < -0.39 is 11.9 Å². The van der Waals surface area contributed by atoms with E-state index in [1.54, 1.807) is 24.3 Å². The topological polar surface area (TPSA) is 60.4 Å². The minimum absolute atomic E-state index is 0.148. The van der Waals surface area contributed by atoms with Crippen LogP contribution in [0.4, 0.5) is 0 Å².